The highest BCUT2D eigenvalue weighted by molar-refractivity contribution is 14.1. The Bertz CT molecular complexity index is 600. The van der Waals surface area contributed by atoms with Crippen molar-refractivity contribution >= 4 is 44.4 Å². The van der Waals surface area contributed by atoms with Gasteiger partial charge in [0.1, 0.15) is 0 Å². The summed E-state index contributed by atoms with van der Waals surface area (Å²) in [5, 5.41) is 0. The van der Waals surface area contributed by atoms with Crippen LogP contribution in [0.2, 0.25) is 0 Å². The second-order valence-corrected chi connectivity index (χ2v) is 6.36. The van der Waals surface area contributed by atoms with Crippen molar-refractivity contribution in [3.63, 3.8) is 0 Å². The van der Waals surface area contributed by atoms with Crippen LogP contribution in [0.1, 0.15) is 15.9 Å². The topological polar surface area (TPSA) is 20.3 Å². The number of carbonyl (C=O) groups excluding carboxylic acids is 1. The molecule has 0 aliphatic rings. The second-order valence-electron chi connectivity index (χ2n) is 4.26. The number of benzene rings is 2. The Balaban J connectivity index is 2.14. The summed E-state index contributed by atoms with van der Waals surface area (Å²) in [6.07, 6.45) is 0. The summed E-state index contributed by atoms with van der Waals surface area (Å²) in [6.45, 7) is 0.589. The summed E-state index contributed by atoms with van der Waals surface area (Å²) in [5.41, 5.74) is 1.82. The monoisotopic (exact) mass is 429 g/mol. The Morgan fingerprint density at radius 1 is 1.21 bits per heavy atom. The van der Waals surface area contributed by atoms with E-state index in [0.717, 1.165) is 19.2 Å². The highest BCUT2D eigenvalue weighted by atomic mass is 127. The van der Waals surface area contributed by atoms with Gasteiger partial charge in [-0.2, -0.15) is 0 Å². The predicted octanol–water partition coefficient (Wildman–Crippen LogP) is 4.33. The van der Waals surface area contributed by atoms with Crippen LogP contribution in [0.5, 0.6) is 0 Å². The lowest BCUT2D eigenvalue weighted by molar-refractivity contribution is 0.0785. The lowest BCUT2D eigenvalue weighted by Crippen LogP contribution is -2.26. The van der Waals surface area contributed by atoms with Gasteiger partial charge in [-0.1, -0.05) is 40.2 Å². The van der Waals surface area contributed by atoms with E-state index in [9.17, 15) is 4.79 Å². The first-order chi connectivity index (χ1) is 9.08. The molecule has 4 heteroatoms. The number of nitrogens with zero attached hydrogens (tertiary/aromatic N) is 1. The number of rotatable bonds is 3. The molecule has 0 atom stereocenters. The summed E-state index contributed by atoms with van der Waals surface area (Å²) in [5.74, 6) is 0.0364. The van der Waals surface area contributed by atoms with Crippen molar-refractivity contribution in [1.29, 1.82) is 0 Å². The van der Waals surface area contributed by atoms with Gasteiger partial charge in [0.2, 0.25) is 0 Å². The van der Waals surface area contributed by atoms with E-state index in [2.05, 4.69) is 38.5 Å². The summed E-state index contributed by atoms with van der Waals surface area (Å²) in [7, 11) is 1.82. The van der Waals surface area contributed by atoms with Gasteiger partial charge in [-0.3, -0.25) is 4.79 Å². The van der Waals surface area contributed by atoms with Gasteiger partial charge in [-0.25, -0.2) is 0 Å². The molecule has 0 radical (unpaired) electrons. The van der Waals surface area contributed by atoms with Crippen LogP contribution in [0.3, 0.4) is 0 Å². The molecule has 0 saturated heterocycles. The zero-order chi connectivity index (χ0) is 13.8. The Morgan fingerprint density at radius 2 is 1.95 bits per heavy atom. The SMILES string of the molecule is CN(Cc1ccccc1Br)C(=O)c1cccc(I)c1. The molecule has 0 saturated carbocycles. The summed E-state index contributed by atoms with van der Waals surface area (Å²) in [6, 6.07) is 15.6. The summed E-state index contributed by atoms with van der Waals surface area (Å²) >= 11 is 5.72. The van der Waals surface area contributed by atoms with Crippen molar-refractivity contribution in [2.75, 3.05) is 7.05 Å². The molecule has 98 valence electrons. The van der Waals surface area contributed by atoms with Crippen molar-refractivity contribution in [3.8, 4) is 0 Å². The average Bonchev–Trinajstić information content (AvgIpc) is 2.40. The van der Waals surface area contributed by atoms with E-state index in [1.54, 1.807) is 4.90 Å². The summed E-state index contributed by atoms with van der Waals surface area (Å²) in [4.78, 5) is 14.0. The summed E-state index contributed by atoms with van der Waals surface area (Å²) < 4.78 is 2.09. The first kappa shape index (κ1) is 14.5. The fourth-order valence-electron chi connectivity index (χ4n) is 1.80. The molecule has 0 bridgehead atoms. The molecule has 0 spiro atoms. The van der Waals surface area contributed by atoms with Crippen LogP contribution < -0.4 is 0 Å². The highest BCUT2D eigenvalue weighted by Crippen LogP contribution is 2.18. The van der Waals surface area contributed by atoms with E-state index >= 15 is 0 Å². The number of hydrogen-bond acceptors (Lipinski definition) is 1. The Morgan fingerprint density at radius 3 is 2.63 bits per heavy atom. The van der Waals surface area contributed by atoms with Gasteiger partial charge in [-0.15, -0.1) is 0 Å². The average molecular weight is 430 g/mol. The maximum Gasteiger partial charge on any atom is 0.253 e. The number of carbonyl (C=O) groups is 1. The quantitative estimate of drug-likeness (QED) is 0.665. The molecule has 19 heavy (non-hydrogen) atoms. The second kappa shape index (κ2) is 6.52. The van der Waals surface area contributed by atoms with E-state index < -0.39 is 0 Å². The van der Waals surface area contributed by atoms with Crippen LogP contribution >= 0.6 is 38.5 Å². The van der Waals surface area contributed by atoms with Gasteiger partial charge in [-0.05, 0) is 52.4 Å². The normalized spacial score (nSPS) is 10.3. The molecule has 0 aliphatic carbocycles. The van der Waals surface area contributed by atoms with Crippen LogP contribution in [0, 0.1) is 3.57 Å². The molecule has 0 aromatic heterocycles. The first-order valence-corrected chi connectivity index (χ1v) is 7.69. The molecule has 2 nitrogen and oxygen atoms in total. The van der Waals surface area contributed by atoms with Gasteiger partial charge >= 0.3 is 0 Å². The minimum Gasteiger partial charge on any atom is -0.337 e. The molecule has 2 aromatic rings. The molecule has 0 heterocycles. The third-order valence-corrected chi connectivity index (χ3v) is 4.23. The van der Waals surface area contributed by atoms with Gasteiger partial charge in [0.05, 0.1) is 0 Å². The maximum atomic E-state index is 12.3. The molecule has 0 fully saturated rings. The van der Waals surface area contributed by atoms with Crippen LogP contribution in [-0.4, -0.2) is 17.9 Å². The molecule has 2 aromatic carbocycles. The Hall–Kier alpha value is -0.880. The minimum absolute atomic E-state index is 0.0364. The lowest BCUT2D eigenvalue weighted by Gasteiger charge is -2.18. The number of amides is 1. The number of halogens is 2. The van der Waals surface area contributed by atoms with E-state index in [1.807, 2.05) is 55.6 Å². The Labute approximate surface area is 135 Å². The third-order valence-electron chi connectivity index (χ3n) is 2.78. The van der Waals surface area contributed by atoms with Crippen molar-refractivity contribution in [2.45, 2.75) is 6.54 Å². The van der Waals surface area contributed by atoms with Crippen molar-refractivity contribution in [1.82, 2.24) is 4.90 Å². The molecular weight excluding hydrogens is 417 g/mol. The molecule has 1 amide bonds. The number of hydrogen-bond donors (Lipinski definition) is 0. The predicted molar refractivity (Wildman–Crippen MR) is 89.1 cm³/mol. The van der Waals surface area contributed by atoms with Crippen molar-refractivity contribution in [2.24, 2.45) is 0 Å². The van der Waals surface area contributed by atoms with E-state index in [4.69, 9.17) is 0 Å². The molecule has 0 N–H and O–H groups in total. The molecule has 0 unspecified atom stereocenters. The van der Waals surface area contributed by atoms with E-state index in [0.29, 0.717) is 6.54 Å². The largest absolute Gasteiger partial charge is 0.337 e. The van der Waals surface area contributed by atoms with E-state index in [1.165, 1.54) is 0 Å². The highest BCUT2D eigenvalue weighted by Gasteiger charge is 2.13. The molecule has 0 aliphatic heterocycles. The smallest absolute Gasteiger partial charge is 0.253 e. The first-order valence-electron chi connectivity index (χ1n) is 5.82. The van der Waals surface area contributed by atoms with Gasteiger partial charge < -0.3 is 4.90 Å². The lowest BCUT2D eigenvalue weighted by atomic mass is 10.1. The van der Waals surface area contributed by atoms with Crippen LogP contribution in [-0.2, 0) is 6.54 Å². The maximum absolute atomic E-state index is 12.3. The van der Waals surface area contributed by atoms with E-state index in [-0.39, 0.29) is 5.91 Å². The fraction of sp³-hybridized carbons (Fsp3) is 0.133. The molecule has 2 rings (SSSR count). The van der Waals surface area contributed by atoms with Crippen LogP contribution in [0.4, 0.5) is 0 Å². The fourth-order valence-corrected chi connectivity index (χ4v) is 2.75. The Kier molecular flexibility index (Phi) is 4.99. The van der Waals surface area contributed by atoms with Crippen LogP contribution in [0.25, 0.3) is 0 Å². The standard InChI is InChI=1S/C15H13BrINO/c1-18(10-12-5-2-3-8-14(12)16)15(19)11-6-4-7-13(17)9-11/h2-9H,10H2,1H3. The van der Waals surface area contributed by atoms with Gasteiger partial charge in [0.25, 0.3) is 5.91 Å². The van der Waals surface area contributed by atoms with Crippen molar-refractivity contribution < 1.29 is 4.79 Å². The third kappa shape index (κ3) is 3.79. The zero-order valence-electron chi connectivity index (χ0n) is 10.4. The minimum atomic E-state index is 0.0364. The van der Waals surface area contributed by atoms with Crippen LogP contribution in [0.15, 0.2) is 53.0 Å². The van der Waals surface area contributed by atoms with Gasteiger partial charge in [0.15, 0.2) is 0 Å². The zero-order valence-corrected chi connectivity index (χ0v) is 14.2. The van der Waals surface area contributed by atoms with Crippen molar-refractivity contribution in [3.05, 3.63) is 67.7 Å². The van der Waals surface area contributed by atoms with Gasteiger partial charge in [0, 0.05) is 27.2 Å². The molecular formula is C15H13BrINO.